The molecule has 0 saturated carbocycles. The summed E-state index contributed by atoms with van der Waals surface area (Å²) in [6.45, 7) is 7.07. The summed E-state index contributed by atoms with van der Waals surface area (Å²) < 4.78 is 5.57. The van der Waals surface area contributed by atoms with E-state index in [0.717, 1.165) is 45.4 Å². The first-order valence-corrected chi connectivity index (χ1v) is 8.72. The molecule has 5 heteroatoms. The number of nitrogens with zero attached hydrogens (tertiary/aromatic N) is 2. The van der Waals surface area contributed by atoms with Gasteiger partial charge in [-0.05, 0) is 50.2 Å². The van der Waals surface area contributed by atoms with Crippen molar-refractivity contribution >= 4 is 6.03 Å². The maximum atomic E-state index is 12.2. The highest BCUT2D eigenvalue weighted by molar-refractivity contribution is 5.74. The molecule has 0 radical (unpaired) electrons. The van der Waals surface area contributed by atoms with Gasteiger partial charge in [0.25, 0.3) is 0 Å². The second-order valence-corrected chi connectivity index (χ2v) is 6.36. The van der Waals surface area contributed by atoms with Crippen LogP contribution in [0.4, 0.5) is 4.79 Å². The van der Waals surface area contributed by atoms with E-state index in [1.807, 2.05) is 30.3 Å². The van der Waals surface area contributed by atoms with Crippen LogP contribution in [0.1, 0.15) is 38.7 Å². The van der Waals surface area contributed by atoms with Crippen molar-refractivity contribution in [2.75, 3.05) is 26.2 Å². The Kier molecular flexibility index (Phi) is 7.33. The van der Waals surface area contributed by atoms with E-state index in [2.05, 4.69) is 23.3 Å². The van der Waals surface area contributed by atoms with Gasteiger partial charge in [0.05, 0.1) is 6.10 Å². The van der Waals surface area contributed by atoms with Crippen molar-refractivity contribution in [2.45, 2.75) is 45.6 Å². The number of amides is 2. The van der Waals surface area contributed by atoms with Gasteiger partial charge in [-0.15, -0.1) is 0 Å². The third-order valence-electron chi connectivity index (χ3n) is 4.30. The zero-order chi connectivity index (χ0) is 16.5. The minimum atomic E-state index is 0.0387. The van der Waals surface area contributed by atoms with E-state index in [9.17, 15) is 4.79 Å². The average Bonchev–Trinajstić information content (AvgIpc) is 2.59. The molecule has 0 unspecified atom stereocenters. The molecule has 1 saturated heterocycles. The molecule has 1 aromatic heterocycles. The van der Waals surface area contributed by atoms with Gasteiger partial charge in [0.1, 0.15) is 0 Å². The predicted octanol–water partition coefficient (Wildman–Crippen LogP) is 2.86. The standard InChI is InChI=1S/C18H29N3O2/c1-3-11-23-15(2)13-20-18(22)21-9-6-16(7-10-21)12-17-5-4-8-19-14-17/h4-5,8,14-16H,3,6-7,9-13H2,1-2H3,(H,20,22)/t15-/m0/s1. The minimum Gasteiger partial charge on any atom is -0.377 e. The smallest absolute Gasteiger partial charge is 0.317 e. The number of rotatable bonds is 7. The molecule has 1 atom stereocenters. The van der Waals surface area contributed by atoms with E-state index in [-0.39, 0.29) is 12.1 Å². The number of pyridine rings is 1. The van der Waals surface area contributed by atoms with Crippen LogP contribution in [-0.2, 0) is 11.2 Å². The summed E-state index contributed by atoms with van der Waals surface area (Å²) >= 11 is 0. The van der Waals surface area contributed by atoms with Gasteiger partial charge in [-0.2, -0.15) is 0 Å². The molecule has 0 bridgehead atoms. The van der Waals surface area contributed by atoms with Crippen molar-refractivity contribution in [3.63, 3.8) is 0 Å². The molecule has 0 aliphatic carbocycles. The molecule has 5 nitrogen and oxygen atoms in total. The molecular formula is C18H29N3O2. The lowest BCUT2D eigenvalue weighted by Gasteiger charge is -2.32. The number of hydrogen-bond donors (Lipinski definition) is 1. The summed E-state index contributed by atoms with van der Waals surface area (Å²) in [4.78, 5) is 18.3. The number of aromatic nitrogens is 1. The first-order chi connectivity index (χ1) is 11.2. The fourth-order valence-corrected chi connectivity index (χ4v) is 2.91. The zero-order valence-corrected chi connectivity index (χ0v) is 14.3. The summed E-state index contributed by atoms with van der Waals surface area (Å²) in [6, 6.07) is 4.15. The first kappa shape index (κ1) is 17.7. The lowest BCUT2D eigenvalue weighted by atomic mass is 9.91. The molecule has 1 aliphatic rings. The van der Waals surface area contributed by atoms with E-state index in [0.29, 0.717) is 12.5 Å². The third kappa shape index (κ3) is 6.18. The number of hydrogen-bond acceptors (Lipinski definition) is 3. The lowest BCUT2D eigenvalue weighted by Crippen LogP contribution is -2.46. The van der Waals surface area contributed by atoms with Crippen molar-refractivity contribution < 1.29 is 9.53 Å². The molecule has 128 valence electrons. The summed E-state index contributed by atoms with van der Waals surface area (Å²) in [5.41, 5.74) is 1.29. The number of carbonyl (C=O) groups is 1. The van der Waals surface area contributed by atoms with Crippen molar-refractivity contribution in [2.24, 2.45) is 5.92 Å². The zero-order valence-electron chi connectivity index (χ0n) is 14.3. The van der Waals surface area contributed by atoms with Crippen LogP contribution < -0.4 is 5.32 Å². The molecule has 1 aliphatic heterocycles. The third-order valence-corrected chi connectivity index (χ3v) is 4.30. The molecule has 2 rings (SSSR count). The van der Waals surface area contributed by atoms with E-state index in [1.165, 1.54) is 5.56 Å². The van der Waals surface area contributed by atoms with Crippen molar-refractivity contribution in [1.29, 1.82) is 0 Å². The van der Waals surface area contributed by atoms with E-state index in [4.69, 9.17) is 4.74 Å². The largest absolute Gasteiger partial charge is 0.377 e. The van der Waals surface area contributed by atoms with E-state index in [1.54, 1.807) is 0 Å². The lowest BCUT2D eigenvalue weighted by molar-refractivity contribution is 0.0660. The van der Waals surface area contributed by atoms with Crippen LogP contribution in [-0.4, -0.2) is 48.3 Å². The molecule has 1 aromatic rings. The van der Waals surface area contributed by atoms with Crippen LogP contribution in [0.25, 0.3) is 0 Å². The van der Waals surface area contributed by atoms with Gasteiger partial charge in [-0.1, -0.05) is 13.0 Å². The Bertz CT molecular complexity index is 459. The molecule has 1 N–H and O–H groups in total. The molecular weight excluding hydrogens is 290 g/mol. The van der Waals surface area contributed by atoms with Gasteiger partial charge >= 0.3 is 6.03 Å². The van der Waals surface area contributed by atoms with Crippen LogP contribution in [0, 0.1) is 5.92 Å². The highest BCUT2D eigenvalue weighted by atomic mass is 16.5. The van der Waals surface area contributed by atoms with Crippen LogP contribution in [0.15, 0.2) is 24.5 Å². The van der Waals surface area contributed by atoms with Gasteiger partial charge in [0.15, 0.2) is 0 Å². The number of ether oxygens (including phenoxy) is 1. The number of nitrogens with one attached hydrogen (secondary N) is 1. The SMILES string of the molecule is CCCO[C@@H](C)CNC(=O)N1CCC(Cc2cccnc2)CC1. The maximum absolute atomic E-state index is 12.2. The topological polar surface area (TPSA) is 54.5 Å². The summed E-state index contributed by atoms with van der Waals surface area (Å²) in [5.74, 6) is 0.648. The maximum Gasteiger partial charge on any atom is 0.317 e. The van der Waals surface area contributed by atoms with Crippen molar-refractivity contribution in [1.82, 2.24) is 15.2 Å². The average molecular weight is 319 g/mol. The van der Waals surface area contributed by atoms with Gasteiger partial charge < -0.3 is 15.0 Å². The second kappa shape index (κ2) is 9.50. The van der Waals surface area contributed by atoms with Crippen LogP contribution in [0.2, 0.25) is 0 Å². The summed E-state index contributed by atoms with van der Waals surface area (Å²) in [6.07, 6.45) is 8.00. The molecule has 0 aromatic carbocycles. The van der Waals surface area contributed by atoms with E-state index < -0.39 is 0 Å². The van der Waals surface area contributed by atoms with Gasteiger partial charge in [-0.25, -0.2) is 4.79 Å². The first-order valence-electron chi connectivity index (χ1n) is 8.72. The minimum absolute atomic E-state index is 0.0387. The number of carbonyl (C=O) groups excluding carboxylic acids is 1. The molecule has 0 spiro atoms. The molecule has 2 heterocycles. The number of piperidine rings is 1. The van der Waals surface area contributed by atoms with Crippen LogP contribution in [0.3, 0.4) is 0 Å². The second-order valence-electron chi connectivity index (χ2n) is 6.36. The quantitative estimate of drug-likeness (QED) is 0.841. The highest BCUT2D eigenvalue weighted by Gasteiger charge is 2.23. The van der Waals surface area contributed by atoms with Gasteiger partial charge in [0, 0.05) is 38.6 Å². The molecule has 2 amide bonds. The van der Waals surface area contributed by atoms with Gasteiger partial charge in [0.2, 0.25) is 0 Å². The monoisotopic (exact) mass is 319 g/mol. The van der Waals surface area contributed by atoms with Crippen LogP contribution >= 0.6 is 0 Å². The fourth-order valence-electron chi connectivity index (χ4n) is 2.91. The number of urea groups is 1. The van der Waals surface area contributed by atoms with Gasteiger partial charge in [-0.3, -0.25) is 4.98 Å². The molecule has 23 heavy (non-hydrogen) atoms. The normalized spacial score (nSPS) is 17.0. The Morgan fingerprint density at radius 1 is 1.48 bits per heavy atom. The van der Waals surface area contributed by atoms with Crippen LogP contribution in [0.5, 0.6) is 0 Å². The summed E-state index contributed by atoms with van der Waals surface area (Å²) in [7, 11) is 0. The fraction of sp³-hybridized carbons (Fsp3) is 0.667. The van der Waals surface area contributed by atoms with Crippen molar-refractivity contribution in [3.8, 4) is 0 Å². The Balaban J connectivity index is 1.66. The van der Waals surface area contributed by atoms with E-state index >= 15 is 0 Å². The summed E-state index contributed by atoms with van der Waals surface area (Å²) in [5, 5.41) is 2.98. The highest BCUT2D eigenvalue weighted by Crippen LogP contribution is 2.21. The Morgan fingerprint density at radius 3 is 2.91 bits per heavy atom. The number of likely N-dealkylation sites (tertiary alicyclic amines) is 1. The Morgan fingerprint density at radius 2 is 2.26 bits per heavy atom. The predicted molar refractivity (Wildman–Crippen MR) is 91.3 cm³/mol. The molecule has 1 fully saturated rings. The Hall–Kier alpha value is -1.62. The Labute approximate surface area is 139 Å². The van der Waals surface area contributed by atoms with Crippen molar-refractivity contribution in [3.05, 3.63) is 30.1 Å².